The molecule has 1 aliphatic heterocycles. The summed E-state index contributed by atoms with van der Waals surface area (Å²) in [6, 6.07) is 10.7. The van der Waals surface area contributed by atoms with Gasteiger partial charge in [-0.2, -0.15) is 0 Å². The fraction of sp³-hybridized carbons (Fsp3) is 0.158. The Kier molecular flexibility index (Phi) is 4.46. The number of fused-ring (bicyclic) bond motifs is 2. The number of amides is 1. The molecular formula is C19H14BrClN2O3. The van der Waals surface area contributed by atoms with Gasteiger partial charge in [0.2, 0.25) is 0 Å². The Hall–Kier alpha value is -2.31. The molecule has 0 saturated carbocycles. The van der Waals surface area contributed by atoms with E-state index in [2.05, 4.69) is 26.2 Å². The Bertz CT molecular complexity index is 1040. The van der Waals surface area contributed by atoms with Crippen LogP contribution in [0.5, 0.6) is 11.5 Å². The number of hydrogen-bond donors (Lipinski definition) is 1. The molecule has 1 aliphatic rings. The van der Waals surface area contributed by atoms with Crippen LogP contribution in [0.4, 0.5) is 5.69 Å². The van der Waals surface area contributed by atoms with Crippen LogP contribution in [0.2, 0.25) is 5.02 Å². The number of nitrogens with one attached hydrogen (secondary N) is 1. The number of carbonyl (C=O) groups is 1. The zero-order chi connectivity index (χ0) is 18.3. The summed E-state index contributed by atoms with van der Waals surface area (Å²) < 4.78 is 11.9. The molecule has 5 nitrogen and oxygen atoms in total. The maximum Gasteiger partial charge on any atom is 0.256 e. The highest BCUT2D eigenvalue weighted by Crippen LogP contribution is 2.38. The number of benzene rings is 2. The van der Waals surface area contributed by atoms with E-state index in [1.54, 1.807) is 18.2 Å². The van der Waals surface area contributed by atoms with Crippen LogP contribution in [0.3, 0.4) is 0 Å². The van der Waals surface area contributed by atoms with Gasteiger partial charge in [0, 0.05) is 27.7 Å². The summed E-state index contributed by atoms with van der Waals surface area (Å²) in [4.78, 5) is 17.4. The van der Waals surface area contributed by atoms with Crippen LogP contribution in [0.25, 0.3) is 10.9 Å². The lowest BCUT2D eigenvalue weighted by molar-refractivity contribution is 0.102. The minimum absolute atomic E-state index is 0.267. The van der Waals surface area contributed by atoms with Gasteiger partial charge in [0.25, 0.3) is 5.91 Å². The normalized spacial score (nSPS) is 12.9. The standard InChI is InChI=1S/C19H14BrClN2O3/c1-10-6-13(12-7-11(20)2-3-15(12)22-10)19(24)23-16-9-18-17(8-14(16)21)25-4-5-26-18/h2-3,6-9H,4-5H2,1H3,(H,23,24). The van der Waals surface area contributed by atoms with E-state index in [9.17, 15) is 4.79 Å². The highest BCUT2D eigenvalue weighted by atomic mass is 79.9. The second-order valence-corrected chi connectivity index (χ2v) is 7.23. The summed E-state index contributed by atoms with van der Waals surface area (Å²) in [5, 5.41) is 4.01. The van der Waals surface area contributed by atoms with Crippen molar-refractivity contribution in [2.45, 2.75) is 6.92 Å². The van der Waals surface area contributed by atoms with Crippen LogP contribution in [0.1, 0.15) is 16.1 Å². The van der Waals surface area contributed by atoms with Crippen molar-refractivity contribution in [1.29, 1.82) is 0 Å². The van der Waals surface area contributed by atoms with E-state index in [-0.39, 0.29) is 5.91 Å². The van der Waals surface area contributed by atoms with Crippen molar-refractivity contribution in [3.8, 4) is 11.5 Å². The molecule has 0 saturated heterocycles. The molecule has 0 aliphatic carbocycles. The third-order valence-electron chi connectivity index (χ3n) is 4.02. The van der Waals surface area contributed by atoms with Crippen molar-refractivity contribution in [2.24, 2.45) is 0 Å². The number of pyridine rings is 1. The van der Waals surface area contributed by atoms with Gasteiger partial charge >= 0.3 is 0 Å². The van der Waals surface area contributed by atoms with Gasteiger partial charge in [-0.3, -0.25) is 9.78 Å². The molecular weight excluding hydrogens is 420 g/mol. The molecule has 0 radical (unpaired) electrons. The Morgan fingerprint density at radius 2 is 1.88 bits per heavy atom. The molecule has 0 spiro atoms. The topological polar surface area (TPSA) is 60.5 Å². The third-order valence-corrected chi connectivity index (χ3v) is 4.83. The molecule has 4 rings (SSSR count). The molecule has 0 fully saturated rings. The number of hydrogen-bond acceptors (Lipinski definition) is 4. The number of aryl methyl sites for hydroxylation is 1. The first-order valence-electron chi connectivity index (χ1n) is 7.98. The lowest BCUT2D eigenvalue weighted by atomic mass is 10.1. The Labute approximate surface area is 163 Å². The van der Waals surface area contributed by atoms with Crippen LogP contribution in [-0.2, 0) is 0 Å². The summed E-state index contributed by atoms with van der Waals surface area (Å²) in [5.41, 5.74) is 2.52. The number of ether oxygens (including phenoxy) is 2. The molecule has 1 N–H and O–H groups in total. The van der Waals surface area contributed by atoms with E-state index in [1.807, 2.05) is 25.1 Å². The average Bonchev–Trinajstić information content (AvgIpc) is 2.62. The van der Waals surface area contributed by atoms with E-state index < -0.39 is 0 Å². The monoisotopic (exact) mass is 432 g/mol. The van der Waals surface area contributed by atoms with Crippen LogP contribution < -0.4 is 14.8 Å². The Morgan fingerprint density at radius 3 is 2.65 bits per heavy atom. The summed E-state index contributed by atoms with van der Waals surface area (Å²) in [5.74, 6) is 0.875. The van der Waals surface area contributed by atoms with Gasteiger partial charge in [-0.05, 0) is 31.2 Å². The molecule has 2 aromatic carbocycles. The van der Waals surface area contributed by atoms with E-state index in [1.165, 1.54) is 0 Å². The van der Waals surface area contributed by atoms with Crippen molar-refractivity contribution in [3.05, 3.63) is 57.2 Å². The molecule has 132 valence electrons. The summed E-state index contributed by atoms with van der Waals surface area (Å²) >= 11 is 9.74. The quantitative estimate of drug-likeness (QED) is 0.619. The SMILES string of the molecule is Cc1cc(C(=O)Nc2cc3c(cc2Cl)OCCO3)c2cc(Br)ccc2n1. The number of anilines is 1. The van der Waals surface area contributed by atoms with Crippen molar-refractivity contribution < 1.29 is 14.3 Å². The molecule has 1 amide bonds. The second kappa shape index (κ2) is 6.78. The first-order valence-corrected chi connectivity index (χ1v) is 9.16. The molecule has 26 heavy (non-hydrogen) atoms. The highest BCUT2D eigenvalue weighted by molar-refractivity contribution is 9.10. The lowest BCUT2D eigenvalue weighted by Gasteiger charge is -2.20. The van der Waals surface area contributed by atoms with Gasteiger partial charge in [-0.1, -0.05) is 27.5 Å². The highest BCUT2D eigenvalue weighted by Gasteiger charge is 2.18. The van der Waals surface area contributed by atoms with E-state index in [4.69, 9.17) is 21.1 Å². The van der Waals surface area contributed by atoms with Crippen molar-refractivity contribution in [3.63, 3.8) is 0 Å². The first kappa shape index (κ1) is 17.1. The largest absolute Gasteiger partial charge is 0.486 e. The minimum Gasteiger partial charge on any atom is -0.486 e. The van der Waals surface area contributed by atoms with Gasteiger partial charge in [-0.15, -0.1) is 0 Å². The maximum absolute atomic E-state index is 12.9. The number of carbonyl (C=O) groups excluding carboxylic acids is 1. The third kappa shape index (κ3) is 3.22. The molecule has 0 unspecified atom stereocenters. The smallest absolute Gasteiger partial charge is 0.256 e. The number of nitrogens with zero attached hydrogens (tertiary/aromatic N) is 1. The van der Waals surface area contributed by atoms with Crippen LogP contribution in [0, 0.1) is 6.92 Å². The van der Waals surface area contributed by atoms with Crippen LogP contribution in [0.15, 0.2) is 40.9 Å². The predicted octanol–water partition coefficient (Wildman–Crippen LogP) is 4.98. The molecule has 2 heterocycles. The zero-order valence-corrected chi connectivity index (χ0v) is 16.1. The molecule has 1 aromatic heterocycles. The van der Waals surface area contributed by atoms with Gasteiger partial charge in [-0.25, -0.2) is 0 Å². The van der Waals surface area contributed by atoms with Crippen LogP contribution in [-0.4, -0.2) is 24.1 Å². The fourth-order valence-corrected chi connectivity index (χ4v) is 3.43. The van der Waals surface area contributed by atoms with E-state index >= 15 is 0 Å². The average molecular weight is 434 g/mol. The molecule has 0 bridgehead atoms. The molecule has 7 heteroatoms. The second-order valence-electron chi connectivity index (χ2n) is 5.90. The molecule has 3 aromatic rings. The summed E-state index contributed by atoms with van der Waals surface area (Å²) in [7, 11) is 0. The Balaban J connectivity index is 1.73. The van der Waals surface area contributed by atoms with Gasteiger partial charge < -0.3 is 14.8 Å². The fourth-order valence-electron chi connectivity index (χ4n) is 2.87. The van der Waals surface area contributed by atoms with Gasteiger partial charge in [0.1, 0.15) is 13.2 Å². The predicted molar refractivity (Wildman–Crippen MR) is 105 cm³/mol. The first-order chi connectivity index (χ1) is 12.5. The van der Waals surface area contributed by atoms with Crippen molar-refractivity contribution in [2.75, 3.05) is 18.5 Å². The maximum atomic E-state index is 12.9. The van der Waals surface area contributed by atoms with E-state index in [0.717, 1.165) is 21.1 Å². The number of halogens is 2. The number of aromatic nitrogens is 1. The summed E-state index contributed by atoms with van der Waals surface area (Å²) in [6.07, 6.45) is 0. The van der Waals surface area contributed by atoms with Crippen LogP contribution >= 0.6 is 27.5 Å². The van der Waals surface area contributed by atoms with Gasteiger partial charge in [0.15, 0.2) is 11.5 Å². The van der Waals surface area contributed by atoms with E-state index in [0.29, 0.717) is 41.0 Å². The molecule has 0 atom stereocenters. The summed E-state index contributed by atoms with van der Waals surface area (Å²) in [6.45, 7) is 2.80. The van der Waals surface area contributed by atoms with Crippen molar-refractivity contribution in [1.82, 2.24) is 4.98 Å². The Morgan fingerprint density at radius 1 is 1.15 bits per heavy atom. The number of rotatable bonds is 2. The van der Waals surface area contributed by atoms with Gasteiger partial charge in [0.05, 0.1) is 21.8 Å². The zero-order valence-electron chi connectivity index (χ0n) is 13.8. The lowest BCUT2D eigenvalue weighted by Crippen LogP contribution is -2.17. The van der Waals surface area contributed by atoms with Crippen molar-refractivity contribution >= 4 is 50.0 Å². The minimum atomic E-state index is -0.267.